The molecule has 2 aromatic rings. The van der Waals surface area contributed by atoms with Crippen molar-refractivity contribution in [1.29, 1.82) is 0 Å². The lowest BCUT2D eigenvalue weighted by atomic mass is 10.1. The maximum absolute atomic E-state index is 12.7. The van der Waals surface area contributed by atoms with Crippen LogP contribution in [0, 0.1) is 6.92 Å². The molecule has 2 amide bonds. The van der Waals surface area contributed by atoms with Crippen LogP contribution in [0.1, 0.15) is 33.2 Å². The minimum atomic E-state index is -0.428. The monoisotopic (exact) mass is 366 g/mol. The van der Waals surface area contributed by atoms with Crippen molar-refractivity contribution in [2.24, 2.45) is 0 Å². The number of ether oxygens (including phenoxy) is 1. The number of nitrogens with zero attached hydrogens (tertiary/aromatic N) is 2. The van der Waals surface area contributed by atoms with Gasteiger partial charge in [0.2, 0.25) is 0 Å². The van der Waals surface area contributed by atoms with E-state index in [1.165, 1.54) is 6.92 Å². The third-order valence-electron chi connectivity index (χ3n) is 4.57. The van der Waals surface area contributed by atoms with Crippen LogP contribution >= 0.6 is 0 Å². The number of rotatable bonds is 3. The molecule has 0 spiro atoms. The summed E-state index contributed by atoms with van der Waals surface area (Å²) in [6.45, 7) is 5.15. The lowest BCUT2D eigenvalue weighted by molar-refractivity contribution is -0.131. The number of aryl methyl sites for hydroxylation is 1. The zero-order valence-electron chi connectivity index (χ0n) is 15.5. The summed E-state index contributed by atoms with van der Waals surface area (Å²) in [6.07, 6.45) is 0. The van der Waals surface area contributed by atoms with Gasteiger partial charge in [-0.2, -0.15) is 0 Å². The van der Waals surface area contributed by atoms with E-state index in [4.69, 9.17) is 4.74 Å². The van der Waals surface area contributed by atoms with Crippen molar-refractivity contribution in [3.63, 3.8) is 0 Å². The summed E-state index contributed by atoms with van der Waals surface area (Å²) in [6, 6.07) is 14.1. The van der Waals surface area contributed by atoms with Crippen LogP contribution < -0.4 is 4.74 Å². The molecule has 2 aromatic carbocycles. The molecule has 3 rings (SSSR count). The molecule has 6 heteroatoms. The number of hydrogen-bond donors (Lipinski definition) is 0. The highest BCUT2D eigenvalue weighted by Crippen LogP contribution is 2.17. The first-order chi connectivity index (χ1) is 13.0. The Morgan fingerprint density at radius 1 is 0.852 bits per heavy atom. The summed E-state index contributed by atoms with van der Waals surface area (Å²) in [5.74, 6) is -0.214. The van der Waals surface area contributed by atoms with Gasteiger partial charge in [-0.3, -0.25) is 14.4 Å². The summed E-state index contributed by atoms with van der Waals surface area (Å²) >= 11 is 0. The van der Waals surface area contributed by atoms with E-state index in [0.29, 0.717) is 43.1 Å². The third-order valence-corrected chi connectivity index (χ3v) is 4.57. The second-order valence-corrected chi connectivity index (χ2v) is 6.52. The Balaban J connectivity index is 1.64. The van der Waals surface area contributed by atoms with E-state index < -0.39 is 5.97 Å². The number of benzene rings is 2. The molecule has 1 saturated heterocycles. The van der Waals surface area contributed by atoms with Crippen LogP contribution in [0.2, 0.25) is 0 Å². The summed E-state index contributed by atoms with van der Waals surface area (Å²) < 4.78 is 5.04. The second-order valence-electron chi connectivity index (χ2n) is 6.52. The van der Waals surface area contributed by atoms with Crippen LogP contribution in [0.5, 0.6) is 5.75 Å². The molecule has 1 aliphatic heterocycles. The van der Waals surface area contributed by atoms with Crippen molar-refractivity contribution in [1.82, 2.24) is 9.80 Å². The first kappa shape index (κ1) is 18.6. The van der Waals surface area contributed by atoms with Gasteiger partial charge in [0, 0.05) is 44.2 Å². The second kappa shape index (κ2) is 8.03. The summed E-state index contributed by atoms with van der Waals surface area (Å²) in [4.78, 5) is 40.0. The predicted molar refractivity (Wildman–Crippen MR) is 101 cm³/mol. The number of amides is 2. The first-order valence-electron chi connectivity index (χ1n) is 8.88. The molecule has 0 saturated carbocycles. The molecule has 0 aromatic heterocycles. The van der Waals surface area contributed by atoms with Crippen molar-refractivity contribution in [3.05, 3.63) is 65.2 Å². The SMILES string of the molecule is CC(=O)Oc1cccc(C(=O)N2CCN(C(=O)c3ccccc3C)CC2)c1. The molecule has 0 unspecified atom stereocenters. The highest BCUT2D eigenvalue weighted by atomic mass is 16.5. The Bertz CT molecular complexity index is 870. The fourth-order valence-electron chi connectivity index (χ4n) is 3.14. The van der Waals surface area contributed by atoms with Crippen molar-refractivity contribution in [2.45, 2.75) is 13.8 Å². The van der Waals surface area contributed by atoms with E-state index in [1.807, 2.05) is 31.2 Å². The topological polar surface area (TPSA) is 66.9 Å². The maximum atomic E-state index is 12.7. The molecule has 6 nitrogen and oxygen atoms in total. The largest absolute Gasteiger partial charge is 0.427 e. The fourth-order valence-corrected chi connectivity index (χ4v) is 3.14. The van der Waals surface area contributed by atoms with E-state index in [-0.39, 0.29) is 11.8 Å². The van der Waals surface area contributed by atoms with Gasteiger partial charge in [0.05, 0.1) is 0 Å². The van der Waals surface area contributed by atoms with Crippen molar-refractivity contribution in [3.8, 4) is 5.75 Å². The van der Waals surface area contributed by atoms with Gasteiger partial charge in [-0.05, 0) is 36.8 Å². The summed E-state index contributed by atoms with van der Waals surface area (Å²) in [5, 5.41) is 0. The lowest BCUT2D eigenvalue weighted by Gasteiger charge is -2.35. The van der Waals surface area contributed by atoms with E-state index in [9.17, 15) is 14.4 Å². The molecule has 0 N–H and O–H groups in total. The van der Waals surface area contributed by atoms with Crippen LogP contribution in [0.3, 0.4) is 0 Å². The summed E-state index contributed by atoms with van der Waals surface area (Å²) in [7, 11) is 0. The van der Waals surface area contributed by atoms with Gasteiger partial charge >= 0.3 is 5.97 Å². The molecule has 0 aliphatic carbocycles. The zero-order valence-corrected chi connectivity index (χ0v) is 15.5. The molecule has 0 radical (unpaired) electrons. The molecule has 140 valence electrons. The molecule has 0 bridgehead atoms. The van der Waals surface area contributed by atoms with Gasteiger partial charge in [0.1, 0.15) is 5.75 Å². The number of piperazine rings is 1. The predicted octanol–water partition coefficient (Wildman–Crippen LogP) is 2.52. The molecular formula is C21H22N2O4. The van der Waals surface area contributed by atoms with Crippen LogP contribution in [0.4, 0.5) is 0 Å². The molecule has 1 heterocycles. The standard InChI is InChI=1S/C21H22N2O4/c1-15-6-3-4-9-19(15)21(26)23-12-10-22(11-13-23)20(25)17-7-5-8-18(14-17)27-16(2)24/h3-9,14H,10-13H2,1-2H3. The molecular weight excluding hydrogens is 344 g/mol. The minimum absolute atomic E-state index is 0.00273. The Morgan fingerprint density at radius 3 is 2.11 bits per heavy atom. The highest BCUT2D eigenvalue weighted by Gasteiger charge is 2.26. The zero-order chi connectivity index (χ0) is 19.4. The van der Waals surface area contributed by atoms with Gasteiger partial charge < -0.3 is 14.5 Å². The number of esters is 1. The Labute approximate surface area is 158 Å². The fraction of sp³-hybridized carbons (Fsp3) is 0.286. The Hall–Kier alpha value is -3.15. The van der Waals surface area contributed by atoms with Gasteiger partial charge in [0.15, 0.2) is 0 Å². The van der Waals surface area contributed by atoms with Crippen molar-refractivity contribution >= 4 is 17.8 Å². The third kappa shape index (κ3) is 4.34. The number of carbonyl (C=O) groups excluding carboxylic acids is 3. The Kier molecular flexibility index (Phi) is 5.54. The average molecular weight is 366 g/mol. The molecule has 0 atom stereocenters. The van der Waals surface area contributed by atoms with Crippen molar-refractivity contribution in [2.75, 3.05) is 26.2 Å². The molecule has 1 aliphatic rings. The van der Waals surface area contributed by atoms with Gasteiger partial charge in [-0.25, -0.2) is 0 Å². The smallest absolute Gasteiger partial charge is 0.308 e. The highest BCUT2D eigenvalue weighted by molar-refractivity contribution is 5.97. The van der Waals surface area contributed by atoms with Gasteiger partial charge in [0.25, 0.3) is 11.8 Å². The molecule has 27 heavy (non-hydrogen) atoms. The van der Waals surface area contributed by atoms with Gasteiger partial charge in [-0.1, -0.05) is 24.3 Å². The van der Waals surface area contributed by atoms with Crippen LogP contribution in [0.15, 0.2) is 48.5 Å². The van der Waals surface area contributed by atoms with E-state index >= 15 is 0 Å². The number of carbonyl (C=O) groups is 3. The number of hydrogen-bond acceptors (Lipinski definition) is 4. The van der Waals surface area contributed by atoms with E-state index in [0.717, 1.165) is 5.56 Å². The minimum Gasteiger partial charge on any atom is -0.427 e. The first-order valence-corrected chi connectivity index (χ1v) is 8.88. The van der Waals surface area contributed by atoms with E-state index in [1.54, 1.807) is 34.1 Å². The van der Waals surface area contributed by atoms with E-state index in [2.05, 4.69) is 0 Å². The average Bonchev–Trinajstić information content (AvgIpc) is 2.67. The van der Waals surface area contributed by atoms with Crippen LogP contribution in [0.25, 0.3) is 0 Å². The summed E-state index contributed by atoms with van der Waals surface area (Å²) in [5.41, 5.74) is 2.11. The van der Waals surface area contributed by atoms with Crippen LogP contribution in [-0.4, -0.2) is 53.8 Å². The van der Waals surface area contributed by atoms with Crippen molar-refractivity contribution < 1.29 is 19.1 Å². The van der Waals surface area contributed by atoms with Crippen LogP contribution in [-0.2, 0) is 4.79 Å². The quantitative estimate of drug-likeness (QED) is 0.618. The normalized spacial score (nSPS) is 14.0. The van der Waals surface area contributed by atoms with Gasteiger partial charge in [-0.15, -0.1) is 0 Å². The lowest BCUT2D eigenvalue weighted by Crippen LogP contribution is -2.50. The maximum Gasteiger partial charge on any atom is 0.308 e. The Morgan fingerprint density at radius 2 is 1.48 bits per heavy atom. The molecule has 1 fully saturated rings.